The average Bonchev–Trinajstić information content (AvgIpc) is 2.79. The molecule has 7 heteroatoms. The summed E-state index contributed by atoms with van der Waals surface area (Å²) < 4.78 is 0. The lowest BCUT2D eigenvalue weighted by Gasteiger charge is -1.95. The summed E-state index contributed by atoms with van der Waals surface area (Å²) in [4.78, 5) is 35.0. The number of rotatable bonds is 4. The van der Waals surface area contributed by atoms with Crippen molar-refractivity contribution in [3.8, 4) is 0 Å². The number of carboxylic acid groups (broad SMARTS) is 1. The van der Waals surface area contributed by atoms with Crippen LogP contribution in [0.25, 0.3) is 10.9 Å². The largest absolute Gasteiger partial charge is 0.478 e. The number of H-pyrrole nitrogens is 1. The van der Waals surface area contributed by atoms with Crippen LogP contribution in [0.15, 0.2) is 36.5 Å². The Bertz CT molecular complexity index is 714. The van der Waals surface area contributed by atoms with E-state index in [0.717, 1.165) is 12.2 Å². The topological polar surface area (TPSA) is 113 Å². The number of hydrogen-bond donors (Lipinski definition) is 2. The molecule has 2 rings (SSSR count). The highest BCUT2D eigenvalue weighted by molar-refractivity contribution is 6.15. The minimum atomic E-state index is -1.24. The van der Waals surface area contributed by atoms with Crippen LogP contribution in [0, 0.1) is 10.1 Å². The lowest BCUT2D eigenvalue weighted by atomic mass is 10.1. The van der Waals surface area contributed by atoms with E-state index in [0.29, 0.717) is 5.39 Å². The maximum absolute atomic E-state index is 11.8. The minimum Gasteiger partial charge on any atom is -0.478 e. The Morgan fingerprint density at radius 3 is 2.68 bits per heavy atom. The van der Waals surface area contributed by atoms with E-state index in [9.17, 15) is 19.7 Å². The molecule has 0 saturated heterocycles. The van der Waals surface area contributed by atoms with E-state index in [1.54, 1.807) is 6.07 Å². The number of nitro benzene ring substituents is 1. The predicted molar refractivity (Wildman–Crippen MR) is 66.1 cm³/mol. The number of para-hydroxylation sites is 1. The number of nitro groups is 1. The Morgan fingerprint density at radius 2 is 2.05 bits per heavy atom. The number of non-ortho nitro benzene ring substituents is 1. The molecular formula is C12H8N2O5. The van der Waals surface area contributed by atoms with E-state index < -0.39 is 16.7 Å². The minimum absolute atomic E-state index is 0.140. The molecule has 0 atom stereocenters. The van der Waals surface area contributed by atoms with Gasteiger partial charge in [0.2, 0.25) is 0 Å². The van der Waals surface area contributed by atoms with Crippen LogP contribution in [0.3, 0.4) is 0 Å². The molecule has 0 amide bonds. The lowest BCUT2D eigenvalue weighted by molar-refractivity contribution is -0.383. The molecule has 2 aromatic rings. The van der Waals surface area contributed by atoms with Crippen molar-refractivity contribution in [2.75, 3.05) is 0 Å². The van der Waals surface area contributed by atoms with Gasteiger partial charge in [0.1, 0.15) is 5.52 Å². The molecule has 0 unspecified atom stereocenters. The summed E-state index contributed by atoms with van der Waals surface area (Å²) in [5.74, 6) is -1.77. The summed E-state index contributed by atoms with van der Waals surface area (Å²) >= 11 is 0. The van der Waals surface area contributed by atoms with Gasteiger partial charge in [-0.2, -0.15) is 0 Å². The van der Waals surface area contributed by atoms with Gasteiger partial charge in [0.25, 0.3) is 5.69 Å². The van der Waals surface area contributed by atoms with Gasteiger partial charge in [-0.25, -0.2) is 4.79 Å². The molecule has 2 N–H and O–H groups in total. The van der Waals surface area contributed by atoms with Crippen LogP contribution in [0.2, 0.25) is 0 Å². The molecule has 0 aliphatic carbocycles. The van der Waals surface area contributed by atoms with Gasteiger partial charge in [-0.15, -0.1) is 0 Å². The first-order valence-corrected chi connectivity index (χ1v) is 5.20. The van der Waals surface area contributed by atoms with E-state index >= 15 is 0 Å². The van der Waals surface area contributed by atoms with E-state index in [1.165, 1.54) is 18.3 Å². The number of benzene rings is 1. The molecule has 96 valence electrons. The summed E-state index contributed by atoms with van der Waals surface area (Å²) in [7, 11) is 0. The third-order valence-corrected chi connectivity index (χ3v) is 2.53. The van der Waals surface area contributed by atoms with Crippen molar-refractivity contribution in [1.82, 2.24) is 4.98 Å². The number of carbonyl (C=O) groups excluding carboxylic acids is 1. The first kappa shape index (κ1) is 12.5. The van der Waals surface area contributed by atoms with E-state index in [4.69, 9.17) is 5.11 Å². The Morgan fingerprint density at radius 1 is 1.32 bits per heavy atom. The number of allylic oxidation sites excluding steroid dienone is 1. The molecule has 1 heterocycles. The first-order valence-electron chi connectivity index (χ1n) is 5.20. The van der Waals surface area contributed by atoms with Crippen molar-refractivity contribution in [1.29, 1.82) is 0 Å². The highest BCUT2D eigenvalue weighted by atomic mass is 16.6. The van der Waals surface area contributed by atoms with Crippen molar-refractivity contribution in [3.63, 3.8) is 0 Å². The Labute approximate surface area is 106 Å². The van der Waals surface area contributed by atoms with Gasteiger partial charge >= 0.3 is 5.97 Å². The Balaban J connectivity index is 2.52. The molecule has 0 fully saturated rings. The zero-order valence-electron chi connectivity index (χ0n) is 9.49. The number of fused-ring (bicyclic) bond motifs is 1. The molecule has 0 radical (unpaired) electrons. The van der Waals surface area contributed by atoms with E-state index in [1.807, 2.05) is 0 Å². The standard InChI is InChI=1S/C12H8N2O5/c15-10(4-5-11(16)17)8-6-13-12-7(8)2-1-3-9(12)14(18)19/h1-6,13H,(H,16,17)/b5-4+. The average molecular weight is 260 g/mol. The molecule has 1 aromatic heterocycles. The maximum Gasteiger partial charge on any atom is 0.328 e. The number of ketones is 1. The lowest BCUT2D eigenvalue weighted by Crippen LogP contribution is -1.95. The molecule has 19 heavy (non-hydrogen) atoms. The highest BCUT2D eigenvalue weighted by Gasteiger charge is 2.17. The summed E-state index contributed by atoms with van der Waals surface area (Å²) in [6.45, 7) is 0. The zero-order valence-corrected chi connectivity index (χ0v) is 9.49. The van der Waals surface area contributed by atoms with Crippen LogP contribution in [0.4, 0.5) is 5.69 Å². The Hall–Kier alpha value is -2.96. The molecular weight excluding hydrogens is 252 g/mol. The molecule has 0 spiro atoms. The van der Waals surface area contributed by atoms with Crippen molar-refractivity contribution >= 4 is 28.3 Å². The van der Waals surface area contributed by atoms with Gasteiger partial charge in [-0.05, 0) is 6.08 Å². The van der Waals surface area contributed by atoms with Crippen molar-refractivity contribution in [2.45, 2.75) is 0 Å². The van der Waals surface area contributed by atoms with Crippen LogP contribution in [0.5, 0.6) is 0 Å². The van der Waals surface area contributed by atoms with Gasteiger partial charge in [0, 0.05) is 29.3 Å². The molecule has 0 saturated carbocycles. The van der Waals surface area contributed by atoms with Gasteiger partial charge in [-0.1, -0.05) is 12.1 Å². The van der Waals surface area contributed by atoms with Crippen LogP contribution in [-0.4, -0.2) is 26.8 Å². The second kappa shape index (κ2) is 4.73. The summed E-state index contributed by atoms with van der Waals surface area (Å²) in [6.07, 6.45) is 2.95. The van der Waals surface area contributed by atoms with Crippen LogP contribution in [-0.2, 0) is 4.79 Å². The number of nitrogens with zero attached hydrogens (tertiary/aromatic N) is 1. The molecule has 1 aromatic carbocycles. The van der Waals surface area contributed by atoms with E-state index in [2.05, 4.69) is 4.98 Å². The van der Waals surface area contributed by atoms with Gasteiger partial charge in [0.05, 0.1) is 4.92 Å². The van der Waals surface area contributed by atoms with Gasteiger partial charge in [0.15, 0.2) is 5.78 Å². The summed E-state index contributed by atoms with van der Waals surface area (Å²) in [5.41, 5.74) is 0.287. The number of carbonyl (C=O) groups is 2. The first-order chi connectivity index (χ1) is 9.00. The number of aromatic nitrogens is 1. The second-order valence-corrected chi connectivity index (χ2v) is 3.69. The number of hydrogen-bond acceptors (Lipinski definition) is 4. The molecule has 0 bridgehead atoms. The normalized spacial score (nSPS) is 10.9. The molecule has 7 nitrogen and oxygen atoms in total. The fourth-order valence-electron chi connectivity index (χ4n) is 1.73. The second-order valence-electron chi connectivity index (χ2n) is 3.69. The van der Waals surface area contributed by atoms with Crippen molar-refractivity contribution in [3.05, 3.63) is 52.2 Å². The number of carboxylic acids is 1. The fraction of sp³-hybridized carbons (Fsp3) is 0. The maximum atomic E-state index is 11.8. The molecule has 0 aliphatic rings. The van der Waals surface area contributed by atoms with E-state index in [-0.39, 0.29) is 16.8 Å². The highest BCUT2D eigenvalue weighted by Crippen LogP contribution is 2.27. The van der Waals surface area contributed by atoms with Crippen LogP contribution >= 0.6 is 0 Å². The third-order valence-electron chi connectivity index (χ3n) is 2.53. The van der Waals surface area contributed by atoms with Gasteiger partial charge in [-0.3, -0.25) is 14.9 Å². The quantitative estimate of drug-likeness (QED) is 0.377. The summed E-state index contributed by atoms with van der Waals surface area (Å²) in [6, 6.07) is 4.34. The SMILES string of the molecule is O=C(O)/C=C/C(=O)c1c[nH]c2c([N+](=O)[O-])cccc12. The van der Waals surface area contributed by atoms with Crippen molar-refractivity contribution in [2.24, 2.45) is 0 Å². The Kier molecular flexibility index (Phi) is 3.11. The van der Waals surface area contributed by atoms with Crippen LogP contribution in [0.1, 0.15) is 10.4 Å². The third kappa shape index (κ3) is 2.34. The monoisotopic (exact) mass is 260 g/mol. The number of nitrogens with one attached hydrogen (secondary N) is 1. The van der Waals surface area contributed by atoms with Crippen LogP contribution < -0.4 is 0 Å². The van der Waals surface area contributed by atoms with Crippen molar-refractivity contribution < 1.29 is 19.6 Å². The summed E-state index contributed by atoms with van der Waals surface area (Å²) in [5, 5.41) is 19.7. The smallest absolute Gasteiger partial charge is 0.328 e. The van der Waals surface area contributed by atoms with Gasteiger partial charge < -0.3 is 10.1 Å². The zero-order chi connectivity index (χ0) is 14.0. The number of aliphatic carboxylic acids is 1. The predicted octanol–water partition coefficient (Wildman–Crippen LogP) is 1.90. The number of aromatic amines is 1. The molecule has 0 aliphatic heterocycles. The fourth-order valence-corrected chi connectivity index (χ4v) is 1.73.